The van der Waals surface area contributed by atoms with Crippen molar-refractivity contribution < 1.29 is 39.5 Å². The maximum absolute atomic E-state index is 12.4. The van der Waals surface area contributed by atoms with Crippen molar-refractivity contribution in [3.8, 4) is 0 Å². The summed E-state index contributed by atoms with van der Waals surface area (Å²) in [5.41, 5.74) is -0.205. The van der Waals surface area contributed by atoms with Crippen molar-refractivity contribution in [3.05, 3.63) is 12.1 Å². The van der Waals surface area contributed by atoms with Crippen LogP contribution in [0.15, 0.2) is 17.0 Å². The van der Waals surface area contributed by atoms with Gasteiger partial charge in [0.25, 0.3) is 0 Å². The molecule has 1 aliphatic rings. The molecule has 1 aromatic carbocycles. The maximum atomic E-state index is 12.4. The summed E-state index contributed by atoms with van der Waals surface area (Å²) >= 11 is 0.929. The van der Waals surface area contributed by atoms with E-state index in [9.17, 15) is 34.8 Å². The molecule has 1 saturated heterocycles. The van der Waals surface area contributed by atoms with Crippen molar-refractivity contribution in [1.82, 2.24) is 0 Å². The lowest BCUT2D eigenvalue weighted by Gasteiger charge is -2.40. The molecular formula is C21H31N3O8S. The molecule has 0 saturated carbocycles. The summed E-state index contributed by atoms with van der Waals surface area (Å²) in [6.07, 6.45) is -5.69. The number of amides is 3. The highest BCUT2D eigenvalue weighted by atomic mass is 32.2. The minimum absolute atomic E-state index is 0.268. The topological polar surface area (TPSA) is 169 Å². The van der Waals surface area contributed by atoms with E-state index in [0.29, 0.717) is 10.6 Å². The lowest BCUT2D eigenvalue weighted by Crippen LogP contribution is -2.57. The Morgan fingerprint density at radius 1 is 1.00 bits per heavy atom. The van der Waals surface area contributed by atoms with Crippen molar-refractivity contribution in [2.24, 2.45) is 0 Å². The van der Waals surface area contributed by atoms with Gasteiger partial charge >= 0.3 is 0 Å². The van der Waals surface area contributed by atoms with Crippen LogP contribution in [0, 0.1) is 0 Å². The smallest absolute Gasteiger partial charge is 0.224 e. The highest BCUT2D eigenvalue weighted by Crippen LogP contribution is 2.42. The fourth-order valence-corrected chi connectivity index (χ4v) is 4.71. The highest BCUT2D eigenvalue weighted by Gasteiger charge is 2.44. The Balaban J connectivity index is 2.61. The molecule has 0 unspecified atom stereocenters. The van der Waals surface area contributed by atoms with Gasteiger partial charge in [0.1, 0.15) is 29.9 Å². The van der Waals surface area contributed by atoms with Crippen molar-refractivity contribution in [2.75, 3.05) is 22.1 Å². The zero-order chi connectivity index (χ0) is 25.0. The molecule has 1 fully saturated rings. The zero-order valence-corrected chi connectivity index (χ0v) is 19.9. The summed E-state index contributed by atoms with van der Waals surface area (Å²) < 4.78 is 5.57. The predicted molar refractivity (Wildman–Crippen MR) is 123 cm³/mol. The number of hydrogen-bond donors (Lipinski definition) is 6. The second-order valence-corrected chi connectivity index (χ2v) is 9.17. The van der Waals surface area contributed by atoms with Gasteiger partial charge in [0.05, 0.1) is 23.7 Å². The van der Waals surface area contributed by atoms with Crippen LogP contribution in [0.3, 0.4) is 0 Å². The van der Waals surface area contributed by atoms with Crippen LogP contribution in [0.5, 0.6) is 0 Å². The molecule has 1 aliphatic heterocycles. The fraction of sp³-hybridized carbons (Fsp3) is 0.571. The molecular weight excluding hydrogens is 454 g/mol. The van der Waals surface area contributed by atoms with Gasteiger partial charge in [-0.1, -0.05) is 11.8 Å². The van der Waals surface area contributed by atoms with Crippen LogP contribution in [0.25, 0.3) is 0 Å². The normalized spacial score (nSPS) is 25.0. The van der Waals surface area contributed by atoms with Gasteiger partial charge < -0.3 is 40.7 Å². The Morgan fingerprint density at radius 2 is 1.58 bits per heavy atom. The number of hydrogen-bond acceptors (Lipinski definition) is 9. The van der Waals surface area contributed by atoms with Gasteiger partial charge in [-0.15, -0.1) is 0 Å². The molecule has 0 aliphatic carbocycles. The lowest BCUT2D eigenvalue weighted by atomic mass is 10.0. The van der Waals surface area contributed by atoms with Crippen molar-refractivity contribution in [1.29, 1.82) is 0 Å². The summed E-state index contributed by atoms with van der Waals surface area (Å²) in [5, 5.41) is 45.4. The van der Waals surface area contributed by atoms with Crippen LogP contribution < -0.4 is 15.5 Å². The average molecular weight is 486 g/mol. The number of aliphatic hydroxyl groups is 4. The number of thioether (sulfide) groups is 1. The molecule has 11 nitrogen and oxygen atoms in total. The fourth-order valence-electron chi connectivity index (χ4n) is 3.54. The molecule has 2 rings (SSSR count). The van der Waals surface area contributed by atoms with Crippen molar-refractivity contribution in [2.45, 2.75) is 75.4 Å². The number of ether oxygens (including phenoxy) is 1. The van der Waals surface area contributed by atoms with E-state index < -0.39 is 42.4 Å². The van der Waals surface area contributed by atoms with Crippen LogP contribution in [0.4, 0.5) is 17.1 Å². The summed E-state index contributed by atoms with van der Waals surface area (Å²) in [7, 11) is 0. The van der Waals surface area contributed by atoms with E-state index in [1.807, 2.05) is 0 Å². The van der Waals surface area contributed by atoms with Gasteiger partial charge in [-0.05, 0) is 26.0 Å². The number of nitrogens with one attached hydrogen (secondary N) is 2. The molecule has 1 aromatic rings. The molecule has 33 heavy (non-hydrogen) atoms. The Bertz CT molecular complexity index is 895. The standard InChI is InChI=1S/C21H31N3O8S/c1-9(2)24(12(5)28)15-7-17(14(23-11(4)27)6-13(15)22-10(3)26)33-21-20(31)19(30)18(29)16(8-25)32-21/h6-7,9,16,18-21,25,29-31H,8H2,1-5H3,(H,22,26)(H,23,27)/t16-,18+,19+,20-,21+/m1/s1. The van der Waals surface area contributed by atoms with Crippen LogP contribution in [-0.4, -0.2) is 80.6 Å². The van der Waals surface area contributed by atoms with E-state index in [1.54, 1.807) is 19.9 Å². The molecule has 5 atom stereocenters. The largest absolute Gasteiger partial charge is 0.394 e. The third-order valence-corrected chi connectivity index (χ3v) is 6.14. The predicted octanol–water partition coefficient (Wildman–Crippen LogP) is 0.257. The third-order valence-electron chi connectivity index (χ3n) is 4.93. The third kappa shape index (κ3) is 6.43. The number of carbonyl (C=O) groups is 3. The molecule has 0 spiro atoms. The van der Waals surface area contributed by atoms with Crippen molar-refractivity contribution >= 4 is 46.5 Å². The van der Waals surface area contributed by atoms with E-state index in [2.05, 4.69) is 10.6 Å². The highest BCUT2D eigenvalue weighted by molar-refractivity contribution is 8.00. The maximum Gasteiger partial charge on any atom is 0.224 e. The Kier molecular flexibility index (Phi) is 9.23. The minimum Gasteiger partial charge on any atom is -0.394 e. The quantitative estimate of drug-likeness (QED) is 0.317. The van der Waals surface area contributed by atoms with Gasteiger partial charge in [0.15, 0.2) is 0 Å². The zero-order valence-electron chi connectivity index (χ0n) is 19.1. The van der Waals surface area contributed by atoms with Crippen LogP contribution >= 0.6 is 11.8 Å². The van der Waals surface area contributed by atoms with Gasteiger partial charge in [-0.2, -0.15) is 0 Å². The molecule has 12 heteroatoms. The first-order valence-electron chi connectivity index (χ1n) is 10.4. The van der Waals surface area contributed by atoms with Gasteiger partial charge in [-0.3, -0.25) is 14.4 Å². The number of rotatable bonds is 7. The first kappa shape index (κ1) is 27.0. The lowest BCUT2D eigenvalue weighted by molar-refractivity contribution is -0.205. The second-order valence-electron chi connectivity index (χ2n) is 8.03. The summed E-state index contributed by atoms with van der Waals surface area (Å²) in [5.74, 6) is -1.07. The van der Waals surface area contributed by atoms with Gasteiger partial charge in [0.2, 0.25) is 17.7 Å². The van der Waals surface area contributed by atoms with Crippen LogP contribution in [0.2, 0.25) is 0 Å². The summed E-state index contributed by atoms with van der Waals surface area (Å²) in [6.45, 7) is 6.99. The molecule has 1 heterocycles. The van der Waals surface area contributed by atoms with Gasteiger partial charge in [0, 0.05) is 31.7 Å². The number of anilines is 3. The van der Waals surface area contributed by atoms with Gasteiger partial charge in [-0.25, -0.2) is 0 Å². The molecule has 6 N–H and O–H groups in total. The monoisotopic (exact) mass is 485 g/mol. The first-order valence-corrected chi connectivity index (χ1v) is 11.3. The van der Waals surface area contributed by atoms with E-state index in [0.717, 1.165) is 11.8 Å². The molecule has 0 bridgehead atoms. The Morgan fingerprint density at radius 3 is 2.06 bits per heavy atom. The van der Waals surface area contributed by atoms with E-state index in [4.69, 9.17) is 4.74 Å². The summed E-state index contributed by atoms with van der Waals surface area (Å²) in [6, 6.07) is 2.78. The second kappa shape index (κ2) is 11.3. The molecule has 3 amide bonds. The number of nitrogens with zero attached hydrogens (tertiary/aromatic N) is 1. The van der Waals surface area contributed by atoms with Crippen molar-refractivity contribution in [3.63, 3.8) is 0 Å². The van der Waals surface area contributed by atoms with E-state index in [1.165, 1.54) is 31.7 Å². The molecule has 184 valence electrons. The number of aliphatic hydroxyl groups excluding tert-OH is 4. The van der Waals surface area contributed by atoms with E-state index >= 15 is 0 Å². The molecule has 0 aromatic heterocycles. The van der Waals surface area contributed by atoms with Crippen LogP contribution in [0.1, 0.15) is 34.6 Å². The van der Waals surface area contributed by atoms with E-state index in [-0.39, 0.29) is 29.2 Å². The van der Waals surface area contributed by atoms with Crippen LogP contribution in [-0.2, 0) is 19.1 Å². The Hall–Kier alpha value is -2.22. The first-order chi connectivity index (χ1) is 15.4. The summed E-state index contributed by atoms with van der Waals surface area (Å²) in [4.78, 5) is 37.8. The minimum atomic E-state index is -1.57. The number of carbonyl (C=O) groups excluding carboxylic acids is 3. The molecule has 0 radical (unpaired) electrons. The SMILES string of the molecule is CC(=O)Nc1cc(NC(C)=O)c(N(C(C)=O)C(C)C)cc1S[C@@H]1O[C@H](CO)[C@H](O)[C@H](O)[C@H]1O. The average Bonchev–Trinajstić information content (AvgIpc) is 2.69. The number of benzene rings is 1. The Labute approximate surface area is 196 Å².